The lowest BCUT2D eigenvalue weighted by atomic mass is 9.93. The molecule has 39 heavy (non-hydrogen) atoms. The van der Waals surface area contributed by atoms with Crippen LogP contribution in [0.2, 0.25) is 0 Å². The lowest BCUT2D eigenvalue weighted by Gasteiger charge is -2.29. The number of benzene rings is 3. The number of ether oxygens (including phenoxy) is 2. The molecule has 0 spiro atoms. The second-order valence-corrected chi connectivity index (χ2v) is 9.94. The van der Waals surface area contributed by atoms with Crippen molar-refractivity contribution in [3.63, 3.8) is 0 Å². The van der Waals surface area contributed by atoms with Gasteiger partial charge in [-0.25, -0.2) is 4.79 Å². The molecule has 1 saturated heterocycles. The van der Waals surface area contributed by atoms with Gasteiger partial charge in [-0.2, -0.15) is 0 Å². The molecule has 8 heteroatoms. The number of phenolic OH excluding ortho intramolecular Hbond substituents is 1. The molecule has 0 bridgehead atoms. The van der Waals surface area contributed by atoms with Crippen molar-refractivity contribution in [2.75, 3.05) is 13.2 Å². The molecule has 0 aliphatic carbocycles. The first-order chi connectivity index (χ1) is 18.9. The molecule has 0 unspecified atom stereocenters. The number of aromatic hydroxyl groups is 1. The van der Waals surface area contributed by atoms with Gasteiger partial charge in [0.2, 0.25) is 0 Å². The molecule has 0 saturated carbocycles. The molecule has 1 fully saturated rings. The van der Waals surface area contributed by atoms with Crippen molar-refractivity contribution in [2.45, 2.75) is 56.9 Å². The second kappa shape index (κ2) is 13.8. The van der Waals surface area contributed by atoms with Crippen molar-refractivity contribution in [3.05, 3.63) is 101 Å². The Hall–Kier alpha value is -3.88. The molecule has 1 heterocycles. The van der Waals surface area contributed by atoms with Crippen LogP contribution < -0.4 is 10.6 Å². The number of phenols is 1. The Bertz CT molecular complexity index is 1210. The lowest BCUT2D eigenvalue weighted by molar-refractivity contribution is 0.0696. The third-order valence-electron chi connectivity index (χ3n) is 6.96. The number of aliphatic hydroxyl groups is 1. The Morgan fingerprint density at radius 3 is 2.26 bits per heavy atom. The quantitative estimate of drug-likeness (QED) is 0.297. The van der Waals surface area contributed by atoms with Gasteiger partial charge in [0, 0.05) is 23.6 Å². The molecule has 8 nitrogen and oxygen atoms in total. The summed E-state index contributed by atoms with van der Waals surface area (Å²) in [5.41, 5.74) is 2.74. The fraction of sp³-hybridized carbons (Fsp3) is 0.355. The Labute approximate surface area is 229 Å². The molecule has 3 aromatic rings. The van der Waals surface area contributed by atoms with E-state index < -0.39 is 30.2 Å². The number of nitrogens with one attached hydrogen (secondary N) is 2. The first kappa shape index (κ1) is 28.1. The van der Waals surface area contributed by atoms with E-state index in [2.05, 4.69) is 10.6 Å². The van der Waals surface area contributed by atoms with Crippen LogP contribution in [0.3, 0.4) is 0 Å². The van der Waals surface area contributed by atoms with E-state index in [9.17, 15) is 19.8 Å². The summed E-state index contributed by atoms with van der Waals surface area (Å²) < 4.78 is 10.8. The van der Waals surface area contributed by atoms with E-state index in [1.165, 1.54) is 6.07 Å². The fourth-order valence-corrected chi connectivity index (χ4v) is 4.77. The summed E-state index contributed by atoms with van der Waals surface area (Å²) >= 11 is 0. The molecule has 4 atom stereocenters. The maximum Gasteiger partial charge on any atom is 0.407 e. The smallest absolute Gasteiger partial charge is 0.407 e. The van der Waals surface area contributed by atoms with Gasteiger partial charge in [-0.3, -0.25) is 4.79 Å². The molecule has 0 radical (unpaired) electrons. The van der Waals surface area contributed by atoms with Gasteiger partial charge in [0.25, 0.3) is 5.91 Å². The number of carbonyl (C=O) groups is 2. The number of carbonyl (C=O) groups excluding carboxylic acids is 2. The van der Waals surface area contributed by atoms with Gasteiger partial charge in [0.15, 0.2) is 0 Å². The number of hydrogen-bond acceptors (Lipinski definition) is 6. The molecule has 0 aromatic heterocycles. The third-order valence-corrected chi connectivity index (χ3v) is 6.96. The lowest BCUT2D eigenvalue weighted by Crippen LogP contribution is -2.49. The van der Waals surface area contributed by atoms with Crippen LogP contribution >= 0.6 is 0 Å². The predicted molar refractivity (Wildman–Crippen MR) is 148 cm³/mol. The maximum atomic E-state index is 13.2. The van der Waals surface area contributed by atoms with Crippen LogP contribution in [0.1, 0.15) is 39.9 Å². The Morgan fingerprint density at radius 1 is 0.949 bits per heavy atom. The molecular formula is C31H36N2O6. The zero-order chi connectivity index (χ0) is 27.6. The average molecular weight is 533 g/mol. The van der Waals surface area contributed by atoms with Crippen LogP contribution in [0.4, 0.5) is 4.79 Å². The summed E-state index contributed by atoms with van der Waals surface area (Å²) in [4.78, 5) is 25.9. The molecule has 1 aliphatic rings. The number of amides is 2. The second-order valence-electron chi connectivity index (χ2n) is 9.94. The average Bonchev–Trinajstić information content (AvgIpc) is 3.43. The number of rotatable bonds is 11. The Kier molecular flexibility index (Phi) is 9.94. The predicted octanol–water partition coefficient (Wildman–Crippen LogP) is 3.92. The zero-order valence-electron chi connectivity index (χ0n) is 22.1. The van der Waals surface area contributed by atoms with E-state index in [4.69, 9.17) is 9.47 Å². The van der Waals surface area contributed by atoms with E-state index in [1.807, 2.05) is 60.7 Å². The summed E-state index contributed by atoms with van der Waals surface area (Å²) in [5, 5.41) is 27.4. The molecular weight excluding hydrogens is 496 g/mol. The highest BCUT2D eigenvalue weighted by molar-refractivity contribution is 5.96. The van der Waals surface area contributed by atoms with Gasteiger partial charge in [0.1, 0.15) is 11.9 Å². The highest BCUT2D eigenvalue weighted by Gasteiger charge is 2.28. The van der Waals surface area contributed by atoms with Gasteiger partial charge >= 0.3 is 6.09 Å². The normalized spacial score (nSPS) is 17.1. The highest BCUT2D eigenvalue weighted by Crippen LogP contribution is 2.21. The van der Waals surface area contributed by atoms with Gasteiger partial charge in [-0.1, -0.05) is 66.7 Å². The molecule has 1 aliphatic heterocycles. The standard InChI is InChI=1S/C31H36N2O6/c1-21-26(13-8-14-28(21)34)30(36)33-27(18-23-11-6-3-7-12-23)29(35)19-24(17-22-9-4-2-5-10-22)32-31(37)39-25-15-16-38-20-25/h2-14,24-25,27,29,34-35H,15-20H2,1H3,(H,32,37)(H,33,36)/t24-,25-,27-,29-/m0/s1. The first-order valence-electron chi connectivity index (χ1n) is 13.3. The van der Waals surface area contributed by atoms with Crippen molar-refractivity contribution in [1.82, 2.24) is 10.6 Å². The van der Waals surface area contributed by atoms with Gasteiger partial charge < -0.3 is 30.3 Å². The number of alkyl carbamates (subject to hydrolysis) is 1. The number of aliphatic hydroxyl groups excluding tert-OH is 1. The topological polar surface area (TPSA) is 117 Å². The third kappa shape index (κ3) is 8.30. The minimum Gasteiger partial charge on any atom is -0.508 e. The van der Waals surface area contributed by atoms with Crippen molar-refractivity contribution < 1.29 is 29.3 Å². The van der Waals surface area contributed by atoms with Crippen molar-refractivity contribution >= 4 is 12.0 Å². The van der Waals surface area contributed by atoms with Gasteiger partial charge in [-0.15, -0.1) is 0 Å². The van der Waals surface area contributed by atoms with E-state index in [0.29, 0.717) is 43.6 Å². The maximum absolute atomic E-state index is 13.2. The van der Waals surface area contributed by atoms with Crippen molar-refractivity contribution in [3.8, 4) is 5.75 Å². The Morgan fingerprint density at radius 2 is 1.62 bits per heavy atom. The van der Waals surface area contributed by atoms with Crippen LogP contribution in [0.25, 0.3) is 0 Å². The molecule has 3 aromatic carbocycles. The summed E-state index contributed by atoms with van der Waals surface area (Å²) in [6.07, 6.45) is -0.142. The molecule has 4 N–H and O–H groups in total. The monoisotopic (exact) mass is 532 g/mol. The van der Waals surface area contributed by atoms with E-state index in [-0.39, 0.29) is 18.3 Å². The van der Waals surface area contributed by atoms with Gasteiger partial charge in [0.05, 0.1) is 25.4 Å². The SMILES string of the molecule is Cc1c(O)cccc1C(=O)N[C@@H](Cc1ccccc1)[C@@H](O)C[C@H](Cc1ccccc1)NC(=O)O[C@H]1CCOC1. The van der Waals surface area contributed by atoms with Crippen molar-refractivity contribution in [2.24, 2.45) is 0 Å². The highest BCUT2D eigenvalue weighted by atomic mass is 16.6. The fourth-order valence-electron chi connectivity index (χ4n) is 4.77. The van der Waals surface area contributed by atoms with Crippen LogP contribution in [0.15, 0.2) is 78.9 Å². The summed E-state index contributed by atoms with van der Waals surface area (Å²) in [5.74, 6) is -0.363. The van der Waals surface area contributed by atoms with E-state index >= 15 is 0 Å². The molecule has 4 rings (SSSR count). The van der Waals surface area contributed by atoms with Crippen LogP contribution in [-0.2, 0) is 22.3 Å². The van der Waals surface area contributed by atoms with E-state index in [0.717, 1.165) is 11.1 Å². The van der Waals surface area contributed by atoms with Gasteiger partial charge in [-0.05, 0) is 49.4 Å². The largest absolute Gasteiger partial charge is 0.508 e. The molecule has 2 amide bonds. The van der Waals surface area contributed by atoms with E-state index in [1.54, 1.807) is 19.1 Å². The number of hydrogen-bond donors (Lipinski definition) is 4. The summed E-state index contributed by atoms with van der Waals surface area (Å²) in [6.45, 7) is 2.61. The molecule has 206 valence electrons. The van der Waals surface area contributed by atoms with Crippen LogP contribution in [0.5, 0.6) is 5.75 Å². The van der Waals surface area contributed by atoms with Crippen molar-refractivity contribution in [1.29, 1.82) is 0 Å². The minimum absolute atomic E-state index is 0.0288. The Balaban J connectivity index is 1.51. The summed E-state index contributed by atoms with van der Waals surface area (Å²) in [6, 6.07) is 23.0. The minimum atomic E-state index is -0.990. The first-order valence-corrected chi connectivity index (χ1v) is 13.3. The zero-order valence-corrected chi connectivity index (χ0v) is 22.1. The summed E-state index contributed by atoms with van der Waals surface area (Å²) in [7, 11) is 0. The van der Waals surface area contributed by atoms with Crippen LogP contribution in [-0.4, -0.2) is 59.7 Å². The van der Waals surface area contributed by atoms with Crippen LogP contribution in [0, 0.1) is 6.92 Å².